The fourth-order valence-electron chi connectivity index (χ4n) is 2.35. The van der Waals surface area contributed by atoms with Gasteiger partial charge in [0.1, 0.15) is 10.0 Å². The molecule has 0 aliphatic heterocycles. The summed E-state index contributed by atoms with van der Waals surface area (Å²) in [5.41, 5.74) is 3.48. The molecule has 2 aromatic heterocycles. The van der Waals surface area contributed by atoms with Crippen molar-refractivity contribution in [2.75, 3.05) is 0 Å². The van der Waals surface area contributed by atoms with Gasteiger partial charge in [0.25, 0.3) is 0 Å². The van der Waals surface area contributed by atoms with E-state index < -0.39 is 6.09 Å². The maximum atomic E-state index is 10.6. The second-order valence-corrected chi connectivity index (χ2v) is 7.50. The summed E-state index contributed by atoms with van der Waals surface area (Å²) in [6.45, 7) is 2.37. The van der Waals surface area contributed by atoms with E-state index in [0.717, 1.165) is 32.5 Å². The molecule has 0 aliphatic carbocycles. The normalized spacial score (nSPS) is 10.8. The van der Waals surface area contributed by atoms with Gasteiger partial charge in [-0.1, -0.05) is 24.8 Å². The van der Waals surface area contributed by atoms with Crippen molar-refractivity contribution in [3.63, 3.8) is 0 Å². The van der Waals surface area contributed by atoms with Gasteiger partial charge >= 0.3 is 6.09 Å². The van der Waals surface area contributed by atoms with Gasteiger partial charge in [0.05, 0.1) is 12.7 Å². The minimum atomic E-state index is -1.04. The van der Waals surface area contributed by atoms with Gasteiger partial charge in [-0.2, -0.15) is 5.10 Å². The molecular weight excluding hydrogens is 356 g/mol. The zero-order chi connectivity index (χ0) is 17.8. The Labute approximate surface area is 153 Å². The van der Waals surface area contributed by atoms with Gasteiger partial charge in [0.15, 0.2) is 0 Å². The molecule has 8 heteroatoms. The van der Waals surface area contributed by atoms with Gasteiger partial charge < -0.3 is 10.4 Å². The second kappa shape index (κ2) is 7.71. The number of carboxylic acid groups (broad SMARTS) is 1. The monoisotopic (exact) mass is 374 g/mol. The van der Waals surface area contributed by atoms with Crippen LogP contribution in [-0.2, 0) is 20.0 Å². The predicted molar refractivity (Wildman–Crippen MR) is 99.1 cm³/mol. The van der Waals surface area contributed by atoms with Crippen molar-refractivity contribution >= 4 is 29.2 Å². The molecule has 6 nitrogen and oxygen atoms in total. The molecule has 1 amide bonds. The molecule has 0 bridgehead atoms. The summed E-state index contributed by atoms with van der Waals surface area (Å²) >= 11 is 3.04. The molecule has 0 fully saturated rings. The Morgan fingerprint density at radius 3 is 2.88 bits per heavy atom. The van der Waals surface area contributed by atoms with Gasteiger partial charge in [0, 0.05) is 29.1 Å². The van der Waals surface area contributed by atoms with Crippen LogP contribution in [-0.4, -0.2) is 26.0 Å². The van der Waals surface area contributed by atoms with Crippen molar-refractivity contribution in [1.29, 1.82) is 0 Å². The lowest BCUT2D eigenvalue weighted by molar-refractivity contribution is 0.194. The Morgan fingerprint density at radius 1 is 1.36 bits per heavy atom. The highest BCUT2D eigenvalue weighted by atomic mass is 32.2. The average molecular weight is 374 g/mol. The van der Waals surface area contributed by atoms with Gasteiger partial charge in [-0.25, -0.2) is 9.78 Å². The molecule has 1 aromatic carbocycles. The number of amides is 1. The van der Waals surface area contributed by atoms with Crippen LogP contribution in [0.1, 0.15) is 17.5 Å². The summed E-state index contributed by atoms with van der Waals surface area (Å²) in [5, 5.41) is 18.8. The number of aryl methyl sites for hydroxylation is 2. The first-order valence-corrected chi connectivity index (χ1v) is 9.45. The first-order chi connectivity index (χ1) is 12.0. The Balaban J connectivity index is 1.81. The van der Waals surface area contributed by atoms with Crippen LogP contribution in [0.4, 0.5) is 4.79 Å². The summed E-state index contributed by atoms with van der Waals surface area (Å²) in [5.74, 6) is 0. The SMILES string of the molecule is CCc1cc(Sc2csc(CNC(=O)O)n2)cc(-c2cnn(C)c2)c1. The van der Waals surface area contributed by atoms with Gasteiger partial charge in [-0.05, 0) is 29.7 Å². The summed E-state index contributed by atoms with van der Waals surface area (Å²) in [6, 6.07) is 6.48. The van der Waals surface area contributed by atoms with E-state index in [4.69, 9.17) is 5.11 Å². The molecule has 2 N–H and O–H groups in total. The Bertz CT molecular complexity index is 888. The quantitative estimate of drug-likeness (QED) is 0.681. The smallest absolute Gasteiger partial charge is 0.405 e. The Hall–Kier alpha value is -2.32. The number of nitrogens with one attached hydrogen (secondary N) is 1. The average Bonchev–Trinajstić information content (AvgIpc) is 3.21. The molecular formula is C17H18N4O2S2. The van der Waals surface area contributed by atoms with Gasteiger partial charge in [-0.3, -0.25) is 4.68 Å². The summed E-state index contributed by atoms with van der Waals surface area (Å²) < 4.78 is 1.79. The highest BCUT2D eigenvalue weighted by Crippen LogP contribution is 2.33. The standard InChI is InChI=1S/C17H18N4O2S2/c1-3-11-4-12(13-7-19-21(2)9-13)6-14(5-11)25-16-10-24-15(20-16)8-18-17(22)23/h4-7,9-10,18H,3,8H2,1-2H3,(H,22,23). The molecule has 0 radical (unpaired) electrons. The maximum absolute atomic E-state index is 10.6. The van der Waals surface area contributed by atoms with Crippen molar-refractivity contribution < 1.29 is 9.90 Å². The fraction of sp³-hybridized carbons (Fsp3) is 0.235. The highest BCUT2D eigenvalue weighted by Gasteiger charge is 2.09. The minimum Gasteiger partial charge on any atom is -0.465 e. The molecule has 0 aliphatic rings. The number of carbonyl (C=O) groups is 1. The number of rotatable bonds is 6. The molecule has 0 spiro atoms. The third kappa shape index (κ3) is 4.61. The zero-order valence-corrected chi connectivity index (χ0v) is 15.5. The molecule has 0 saturated carbocycles. The zero-order valence-electron chi connectivity index (χ0n) is 13.9. The van der Waals surface area contributed by atoms with E-state index in [9.17, 15) is 4.79 Å². The van der Waals surface area contributed by atoms with E-state index in [1.54, 1.807) is 16.4 Å². The third-order valence-corrected chi connectivity index (χ3v) is 5.44. The van der Waals surface area contributed by atoms with Crippen molar-refractivity contribution in [2.24, 2.45) is 7.05 Å². The van der Waals surface area contributed by atoms with Crippen LogP contribution in [0, 0.1) is 0 Å². The van der Waals surface area contributed by atoms with E-state index in [0.29, 0.717) is 0 Å². The number of aromatic nitrogens is 3. The summed E-state index contributed by atoms with van der Waals surface area (Å²) in [7, 11) is 1.91. The number of nitrogens with zero attached hydrogens (tertiary/aromatic N) is 3. The number of thiazole rings is 1. The fourth-order valence-corrected chi connectivity index (χ4v) is 4.14. The first-order valence-electron chi connectivity index (χ1n) is 7.75. The molecule has 3 rings (SSSR count). The largest absolute Gasteiger partial charge is 0.465 e. The topological polar surface area (TPSA) is 80.0 Å². The lowest BCUT2D eigenvalue weighted by Crippen LogP contribution is -2.19. The molecule has 0 atom stereocenters. The molecule has 2 heterocycles. The predicted octanol–water partition coefficient (Wildman–Crippen LogP) is 4.02. The Kier molecular flexibility index (Phi) is 5.40. The van der Waals surface area contributed by atoms with Crippen LogP contribution < -0.4 is 5.32 Å². The van der Waals surface area contributed by atoms with Crippen LogP contribution >= 0.6 is 23.1 Å². The van der Waals surface area contributed by atoms with Crippen LogP contribution in [0.25, 0.3) is 11.1 Å². The van der Waals surface area contributed by atoms with Gasteiger partial charge in [-0.15, -0.1) is 11.3 Å². The van der Waals surface area contributed by atoms with Crippen LogP contribution in [0.3, 0.4) is 0 Å². The third-order valence-electron chi connectivity index (χ3n) is 3.56. The van der Waals surface area contributed by atoms with Crippen LogP contribution in [0.15, 0.2) is 45.9 Å². The molecule has 130 valence electrons. The molecule has 25 heavy (non-hydrogen) atoms. The van der Waals surface area contributed by atoms with Crippen molar-refractivity contribution in [2.45, 2.75) is 29.8 Å². The highest BCUT2D eigenvalue weighted by molar-refractivity contribution is 7.99. The van der Waals surface area contributed by atoms with E-state index in [1.807, 2.05) is 24.8 Å². The summed E-state index contributed by atoms with van der Waals surface area (Å²) in [4.78, 5) is 16.2. The first kappa shape index (κ1) is 17.5. The second-order valence-electron chi connectivity index (χ2n) is 5.46. The van der Waals surface area contributed by atoms with E-state index >= 15 is 0 Å². The number of hydrogen-bond acceptors (Lipinski definition) is 5. The van der Waals surface area contributed by atoms with Crippen LogP contribution in [0.2, 0.25) is 0 Å². The van der Waals surface area contributed by atoms with Crippen molar-refractivity contribution in [1.82, 2.24) is 20.1 Å². The lowest BCUT2D eigenvalue weighted by Gasteiger charge is -2.06. The van der Waals surface area contributed by atoms with Gasteiger partial charge in [0.2, 0.25) is 0 Å². The van der Waals surface area contributed by atoms with E-state index in [-0.39, 0.29) is 6.54 Å². The Morgan fingerprint density at radius 2 is 2.20 bits per heavy atom. The molecule has 0 saturated heterocycles. The van der Waals surface area contributed by atoms with Crippen molar-refractivity contribution in [3.05, 3.63) is 46.5 Å². The van der Waals surface area contributed by atoms with E-state index in [2.05, 4.69) is 40.5 Å². The molecule has 3 aromatic rings. The number of benzene rings is 1. The maximum Gasteiger partial charge on any atom is 0.405 e. The molecule has 0 unspecified atom stereocenters. The summed E-state index contributed by atoms with van der Waals surface area (Å²) in [6.07, 6.45) is 3.77. The number of hydrogen-bond donors (Lipinski definition) is 2. The minimum absolute atomic E-state index is 0.233. The van der Waals surface area contributed by atoms with Crippen LogP contribution in [0.5, 0.6) is 0 Å². The van der Waals surface area contributed by atoms with Crippen molar-refractivity contribution in [3.8, 4) is 11.1 Å². The lowest BCUT2D eigenvalue weighted by atomic mass is 10.1. The van der Waals surface area contributed by atoms with E-state index in [1.165, 1.54) is 16.9 Å².